The largest absolute Gasteiger partial charge is 0.323 e. The van der Waals surface area contributed by atoms with Gasteiger partial charge in [0, 0.05) is 12.2 Å². The van der Waals surface area contributed by atoms with Gasteiger partial charge in [0.2, 0.25) is 11.8 Å². The summed E-state index contributed by atoms with van der Waals surface area (Å²) in [6, 6.07) is 0. The quantitative estimate of drug-likeness (QED) is 0.0936. The van der Waals surface area contributed by atoms with Gasteiger partial charge < -0.3 is 10.6 Å². The molecule has 220 valence electrons. The van der Waals surface area contributed by atoms with Crippen LogP contribution in [0.4, 0.5) is 11.4 Å². The van der Waals surface area contributed by atoms with E-state index < -0.39 is 32.8 Å². The van der Waals surface area contributed by atoms with Crippen molar-refractivity contribution in [3.8, 4) is 0 Å². The third-order valence-electron chi connectivity index (χ3n) is 4.58. The Bertz CT molecular complexity index is 1320. The van der Waals surface area contributed by atoms with E-state index in [0.717, 1.165) is 0 Å². The Morgan fingerprint density at radius 3 is 0.951 bits per heavy atom. The molecule has 0 aliphatic rings. The number of amides is 2. The Balaban J connectivity index is 2.04. The molecule has 0 aliphatic heterocycles. The van der Waals surface area contributed by atoms with E-state index in [-0.39, 0.29) is 45.1 Å². The van der Waals surface area contributed by atoms with Crippen LogP contribution in [0, 0.1) is 21.4 Å². The lowest BCUT2D eigenvalue weighted by Crippen LogP contribution is -2.20. The molecule has 2 aromatic carbocycles. The van der Waals surface area contributed by atoms with Crippen LogP contribution in [0.3, 0.4) is 0 Å². The zero-order chi connectivity index (χ0) is 31.3. The fourth-order valence-electron chi connectivity index (χ4n) is 2.92. The number of rotatable bonds is 12. The van der Waals surface area contributed by atoms with Crippen LogP contribution < -0.4 is 10.6 Å². The normalized spacial score (nSPS) is 10.8. The Labute approximate surface area is 343 Å². The summed E-state index contributed by atoms with van der Waals surface area (Å²) < 4.78 is 2.09. The third-order valence-corrected chi connectivity index (χ3v) is 14.1. The van der Waals surface area contributed by atoms with Crippen molar-refractivity contribution in [1.29, 1.82) is 0 Å². The van der Waals surface area contributed by atoms with E-state index in [1.54, 1.807) is 0 Å². The van der Waals surface area contributed by atoms with Gasteiger partial charge in [0.25, 0.3) is 21.0 Å². The summed E-state index contributed by atoms with van der Waals surface area (Å²) in [4.78, 5) is 73.2. The number of halogens is 10. The SMILES string of the molecule is O=C(CSCSCC(=O)Nc1c(I)c(C(=O)Cl)c(I)c(C(=O)Cl)c1I)Nc1c(I)c(C(=O)Cl)c(I)c(C(=O)Cl)c1I. The second-order valence-corrected chi connectivity index (χ2v) is 17.3. The molecular formula is C21H8Cl4I6N2O6S2. The number of thioether (sulfide) groups is 2. The lowest BCUT2D eigenvalue weighted by atomic mass is 10.1. The Morgan fingerprint density at radius 1 is 0.488 bits per heavy atom. The number of nitrogens with one attached hydrogen (secondary N) is 2. The molecule has 0 aromatic heterocycles. The zero-order valence-corrected chi connectivity index (χ0v) is 36.8. The maximum atomic E-state index is 12.6. The average molecular weight is 1350 g/mol. The van der Waals surface area contributed by atoms with Crippen LogP contribution in [-0.4, -0.2) is 49.4 Å². The molecule has 0 heterocycles. The Kier molecular flexibility index (Phi) is 17.3. The lowest BCUT2D eigenvalue weighted by molar-refractivity contribution is -0.114. The van der Waals surface area contributed by atoms with Gasteiger partial charge in [0.15, 0.2) is 0 Å². The highest BCUT2D eigenvalue weighted by atomic mass is 127. The van der Waals surface area contributed by atoms with Crippen molar-refractivity contribution < 1.29 is 28.8 Å². The summed E-state index contributed by atoms with van der Waals surface area (Å²) in [7, 11) is 0. The second-order valence-electron chi connectivity index (χ2n) is 7.14. The molecule has 0 saturated carbocycles. The van der Waals surface area contributed by atoms with Crippen molar-refractivity contribution in [3.05, 3.63) is 43.7 Å². The number of hydrogen-bond donors (Lipinski definition) is 2. The van der Waals surface area contributed by atoms with Crippen LogP contribution in [0.5, 0.6) is 0 Å². The van der Waals surface area contributed by atoms with Crippen molar-refractivity contribution >= 4 is 250 Å². The molecule has 41 heavy (non-hydrogen) atoms. The first-order valence-corrected chi connectivity index (χ1v) is 20.3. The molecule has 8 nitrogen and oxygen atoms in total. The molecule has 2 aromatic rings. The monoisotopic (exact) mass is 1350 g/mol. The Morgan fingerprint density at radius 2 is 0.732 bits per heavy atom. The van der Waals surface area contributed by atoms with Crippen LogP contribution >= 0.6 is 205 Å². The minimum absolute atomic E-state index is 0.0103. The molecular weight excluding hydrogens is 1340 g/mol. The van der Waals surface area contributed by atoms with E-state index >= 15 is 0 Å². The predicted octanol–water partition coefficient (Wildman–Crippen LogP) is 8.83. The molecule has 0 radical (unpaired) electrons. The number of carbonyl (C=O) groups is 6. The maximum Gasteiger partial charge on any atom is 0.254 e. The van der Waals surface area contributed by atoms with Gasteiger partial charge in [0.05, 0.1) is 59.4 Å². The molecule has 2 N–H and O–H groups in total. The third kappa shape index (κ3) is 10.1. The first-order chi connectivity index (χ1) is 19.0. The van der Waals surface area contributed by atoms with Crippen LogP contribution in [0.1, 0.15) is 41.4 Å². The number of benzene rings is 2. The highest BCUT2D eigenvalue weighted by Gasteiger charge is 2.28. The Hall–Kier alpha value is 2.30. The van der Waals surface area contributed by atoms with Gasteiger partial charge in [-0.05, 0) is 182 Å². The van der Waals surface area contributed by atoms with Gasteiger partial charge in [-0.15, -0.1) is 23.5 Å². The molecule has 0 saturated heterocycles. The smallest absolute Gasteiger partial charge is 0.254 e. The molecule has 0 spiro atoms. The van der Waals surface area contributed by atoms with E-state index in [1.807, 2.05) is 136 Å². The van der Waals surface area contributed by atoms with E-state index in [0.29, 0.717) is 26.5 Å². The van der Waals surface area contributed by atoms with E-state index in [2.05, 4.69) is 10.6 Å². The summed E-state index contributed by atoms with van der Waals surface area (Å²) in [5.74, 6) is -0.789. The summed E-state index contributed by atoms with van der Waals surface area (Å²) in [6.07, 6.45) is 0. The van der Waals surface area contributed by atoms with Crippen molar-refractivity contribution in [3.63, 3.8) is 0 Å². The first-order valence-electron chi connectivity index (χ1n) is 9.98. The van der Waals surface area contributed by atoms with Crippen molar-refractivity contribution in [2.45, 2.75) is 0 Å². The van der Waals surface area contributed by atoms with Crippen molar-refractivity contribution in [2.75, 3.05) is 27.2 Å². The van der Waals surface area contributed by atoms with Gasteiger partial charge in [0.1, 0.15) is 0 Å². The van der Waals surface area contributed by atoms with Crippen LogP contribution in [-0.2, 0) is 9.59 Å². The van der Waals surface area contributed by atoms with E-state index in [4.69, 9.17) is 46.4 Å². The summed E-state index contributed by atoms with van der Waals surface area (Å²) in [5.41, 5.74) is 0.800. The fraction of sp³-hybridized carbons (Fsp3) is 0.143. The zero-order valence-electron chi connectivity index (χ0n) is 19.2. The van der Waals surface area contributed by atoms with Gasteiger partial charge in [-0.2, -0.15) is 0 Å². The predicted molar refractivity (Wildman–Crippen MR) is 217 cm³/mol. The molecule has 0 fully saturated rings. The molecule has 0 aliphatic carbocycles. The highest BCUT2D eigenvalue weighted by Crippen LogP contribution is 2.38. The summed E-state index contributed by atoms with van der Waals surface area (Å²) >= 11 is 36.4. The van der Waals surface area contributed by atoms with E-state index in [9.17, 15) is 28.8 Å². The molecule has 0 unspecified atom stereocenters. The maximum absolute atomic E-state index is 12.6. The van der Waals surface area contributed by atoms with Crippen LogP contribution in [0.25, 0.3) is 0 Å². The van der Waals surface area contributed by atoms with Gasteiger partial charge in [-0.1, -0.05) is 0 Å². The number of hydrogen-bond acceptors (Lipinski definition) is 8. The molecule has 2 rings (SSSR count). The summed E-state index contributed by atoms with van der Waals surface area (Å²) in [6.45, 7) is 0. The van der Waals surface area contributed by atoms with Crippen molar-refractivity contribution in [1.82, 2.24) is 0 Å². The van der Waals surface area contributed by atoms with Gasteiger partial charge in [-0.25, -0.2) is 0 Å². The van der Waals surface area contributed by atoms with Crippen molar-refractivity contribution in [2.24, 2.45) is 0 Å². The first kappa shape index (κ1) is 39.5. The standard InChI is InChI=1S/C21H8Cl4I6N2O6S2/c22-18(36)6-10(26)7(19(23)37)13(29)16(12(6)28)32-4(34)1-40-3-41-2-5(35)33-17-14(30)8(20(24)38)11(27)9(15(17)31)21(25)39/h1-3H2,(H,32,34)(H,33,35). The topological polar surface area (TPSA) is 126 Å². The molecule has 2 amide bonds. The average Bonchev–Trinajstić information content (AvgIpc) is 2.83. The fourth-order valence-corrected chi connectivity index (χ4v) is 15.4. The van der Waals surface area contributed by atoms with Gasteiger partial charge >= 0.3 is 0 Å². The lowest BCUT2D eigenvalue weighted by Gasteiger charge is -2.17. The molecule has 20 heteroatoms. The number of anilines is 2. The van der Waals surface area contributed by atoms with Crippen LogP contribution in [0.15, 0.2) is 0 Å². The minimum Gasteiger partial charge on any atom is -0.323 e. The molecule has 0 bridgehead atoms. The van der Waals surface area contributed by atoms with Crippen LogP contribution in [0.2, 0.25) is 0 Å². The second kappa shape index (κ2) is 18.0. The highest BCUT2D eigenvalue weighted by molar-refractivity contribution is 14.1. The van der Waals surface area contributed by atoms with E-state index in [1.165, 1.54) is 23.5 Å². The summed E-state index contributed by atoms with van der Waals surface area (Å²) in [5, 5.41) is 2.62. The number of carbonyl (C=O) groups excluding carboxylic acids is 6. The molecule has 0 atom stereocenters. The van der Waals surface area contributed by atoms with Gasteiger partial charge in [-0.3, -0.25) is 28.8 Å². The minimum atomic E-state index is -0.792.